The molecule has 1 aromatic rings. The first-order chi connectivity index (χ1) is 6.16. The Hall–Kier alpha value is -0.120. The lowest BCUT2D eigenvalue weighted by molar-refractivity contribution is 0.605. The molecule has 1 aromatic carbocycles. The number of hydrogen-bond donors (Lipinski definition) is 1. The smallest absolute Gasteiger partial charge is 0.146 e. The van der Waals surface area contributed by atoms with Crippen molar-refractivity contribution in [2.75, 3.05) is 6.54 Å². The van der Waals surface area contributed by atoms with E-state index in [0.29, 0.717) is 23.0 Å². The van der Waals surface area contributed by atoms with Gasteiger partial charge < -0.3 is 5.73 Å². The molecular weight excluding hydrogens is 256 g/mol. The van der Waals surface area contributed by atoms with E-state index in [0.717, 1.165) is 6.42 Å². The minimum absolute atomic E-state index is 0.148. The maximum Gasteiger partial charge on any atom is 0.146 e. The summed E-state index contributed by atoms with van der Waals surface area (Å²) in [5.74, 6) is -0.343. The summed E-state index contributed by atoms with van der Waals surface area (Å²) >= 11 is 8.86. The van der Waals surface area contributed by atoms with Gasteiger partial charge in [-0.1, -0.05) is 17.7 Å². The molecule has 13 heavy (non-hydrogen) atoms. The Bertz CT molecular complexity index is 304. The first kappa shape index (κ1) is 11.0. The molecule has 2 N–H and O–H groups in total. The highest BCUT2D eigenvalue weighted by atomic mass is 79.9. The number of hydrogen-bond acceptors (Lipinski definition) is 1. The topological polar surface area (TPSA) is 26.0 Å². The molecule has 0 aliphatic carbocycles. The van der Waals surface area contributed by atoms with Crippen LogP contribution in [0.1, 0.15) is 12.0 Å². The van der Waals surface area contributed by atoms with Crippen LogP contribution in [0.2, 0.25) is 5.02 Å². The molecule has 0 amide bonds. The quantitative estimate of drug-likeness (QED) is 0.836. The lowest BCUT2D eigenvalue weighted by atomic mass is 10.1. The first-order valence-corrected chi connectivity index (χ1v) is 5.16. The molecule has 1 nitrogen and oxygen atoms in total. The van der Waals surface area contributed by atoms with Gasteiger partial charge in [0.05, 0.1) is 5.02 Å². The van der Waals surface area contributed by atoms with Gasteiger partial charge in [0.2, 0.25) is 0 Å². The lowest BCUT2D eigenvalue weighted by Crippen LogP contribution is -2.01. The molecule has 0 saturated carbocycles. The predicted molar refractivity (Wildman–Crippen MR) is 56.5 cm³/mol. The predicted octanol–water partition coefficient (Wildman–Crippen LogP) is 3.13. The van der Waals surface area contributed by atoms with E-state index in [4.69, 9.17) is 17.3 Å². The van der Waals surface area contributed by atoms with E-state index < -0.39 is 0 Å². The molecule has 4 heteroatoms. The largest absolute Gasteiger partial charge is 0.330 e. The van der Waals surface area contributed by atoms with E-state index in [1.54, 1.807) is 12.1 Å². The molecule has 72 valence electrons. The minimum atomic E-state index is -0.343. The third-order valence-corrected chi connectivity index (χ3v) is 3.02. The van der Waals surface area contributed by atoms with Crippen LogP contribution >= 0.6 is 27.5 Å². The van der Waals surface area contributed by atoms with Crippen LogP contribution in [0.4, 0.5) is 4.39 Å². The van der Waals surface area contributed by atoms with E-state index >= 15 is 0 Å². The van der Waals surface area contributed by atoms with Gasteiger partial charge in [-0.2, -0.15) is 0 Å². The zero-order chi connectivity index (χ0) is 9.84. The molecule has 0 saturated heterocycles. The van der Waals surface area contributed by atoms with E-state index in [1.807, 2.05) is 0 Å². The van der Waals surface area contributed by atoms with Gasteiger partial charge in [-0.3, -0.25) is 0 Å². The normalized spacial score (nSPS) is 10.5. The van der Waals surface area contributed by atoms with Crippen molar-refractivity contribution in [3.8, 4) is 0 Å². The van der Waals surface area contributed by atoms with Gasteiger partial charge in [0.25, 0.3) is 0 Å². The minimum Gasteiger partial charge on any atom is -0.330 e. The molecular formula is C9H10BrClFN. The van der Waals surface area contributed by atoms with Crippen LogP contribution in [0, 0.1) is 5.82 Å². The van der Waals surface area contributed by atoms with E-state index in [9.17, 15) is 4.39 Å². The summed E-state index contributed by atoms with van der Waals surface area (Å²) in [6, 6.07) is 3.47. The zero-order valence-corrected chi connectivity index (χ0v) is 9.33. The summed E-state index contributed by atoms with van der Waals surface area (Å²) in [5.41, 5.74) is 5.95. The molecule has 0 atom stereocenters. The molecule has 1 rings (SSSR count). The van der Waals surface area contributed by atoms with E-state index in [2.05, 4.69) is 15.9 Å². The Balaban J connectivity index is 2.90. The van der Waals surface area contributed by atoms with Gasteiger partial charge in [-0.15, -0.1) is 0 Å². The van der Waals surface area contributed by atoms with Crippen molar-refractivity contribution >= 4 is 27.5 Å². The Morgan fingerprint density at radius 2 is 2.15 bits per heavy atom. The molecule has 0 bridgehead atoms. The molecule has 0 spiro atoms. The summed E-state index contributed by atoms with van der Waals surface area (Å²) in [6.45, 7) is 0.563. The Morgan fingerprint density at radius 1 is 1.46 bits per heavy atom. The number of halogens is 3. The average Bonchev–Trinajstić information content (AvgIpc) is 2.13. The third kappa shape index (κ3) is 2.66. The molecule has 0 aliphatic heterocycles. The summed E-state index contributed by atoms with van der Waals surface area (Å²) in [7, 11) is 0. The lowest BCUT2D eigenvalue weighted by Gasteiger charge is -2.04. The van der Waals surface area contributed by atoms with Crippen molar-refractivity contribution in [2.24, 2.45) is 5.73 Å². The van der Waals surface area contributed by atoms with Crippen LogP contribution in [0.3, 0.4) is 0 Å². The van der Waals surface area contributed by atoms with Crippen molar-refractivity contribution in [3.05, 3.63) is 33.0 Å². The van der Waals surface area contributed by atoms with Crippen LogP contribution in [0.15, 0.2) is 16.6 Å². The highest BCUT2D eigenvalue weighted by Gasteiger charge is 2.08. The molecule has 0 aromatic heterocycles. The zero-order valence-electron chi connectivity index (χ0n) is 6.99. The third-order valence-electron chi connectivity index (χ3n) is 1.77. The number of aryl methyl sites for hydroxylation is 1. The van der Waals surface area contributed by atoms with E-state index in [1.165, 1.54) is 0 Å². The van der Waals surface area contributed by atoms with Gasteiger partial charge in [0.1, 0.15) is 5.82 Å². The number of rotatable bonds is 3. The Kier molecular flexibility index (Phi) is 4.16. The number of nitrogens with two attached hydrogens (primary N) is 1. The van der Waals surface area contributed by atoms with Crippen LogP contribution in [-0.4, -0.2) is 6.54 Å². The van der Waals surface area contributed by atoms with Gasteiger partial charge >= 0.3 is 0 Å². The maximum atomic E-state index is 13.4. The van der Waals surface area contributed by atoms with Crippen LogP contribution in [-0.2, 0) is 6.42 Å². The first-order valence-electron chi connectivity index (χ1n) is 3.99. The standard InChI is InChI=1S/C9H10BrClFN/c10-7-4-3-6(2-1-5-13)9(12)8(7)11/h3-4H,1-2,5,13H2. The van der Waals surface area contributed by atoms with Crippen molar-refractivity contribution < 1.29 is 4.39 Å². The SMILES string of the molecule is NCCCc1ccc(Br)c(Cl)c1F. The summed E-state index contributed by atoms with van der Waals surface area (Å²) < 4.78 is 14.0. The average molecular weight is 267 g/mol. The van der Waals surface area contributed by atoms with Gasteiger partial charge in [-0.25, -0.2) is 4.39 Å². The highest BCUT2D eigenvalue weighted by Crippen LogP contribution is 2.27. The van der Waals surface area contributed by atoms with Crippen LogP contribution in [0.25, 0.3) is 0 Å². The fourth-order valence-corrected chi connectivity index (χ4v) is 1.54. The monoisotopic (exact) mass is 265 g/mol. The summed E-state index contributed by atoms with van der Waals surface area (Å²) in [5, 5.41) is 0.148. The van der Waals surface area contributed by atoms with Gasteiger partial charge in [0, 0.05) is 4.47 Å². The second-order valence-corrected chi connectivity index (χ2v) is 3.96. The molecule has 0 unspecified atom stereocenters. The second kappa shape index (κ2) is 4.94. The second-order valence-electron chi connectivity index (χ2n) is 2.73. The molecule has 0 radical (unpaired) electrons. The van der Waals surface area contributed by atoms with Gasteiger partial charge in [-0.05, 0) is 46.9 Å². The van der Waals surface area contributed by atoms with E-state index in [-0.39, 0.29) is 10.8 Å². The van der Waals surface area contributed by atoms with Crippen molar-refractivity contribution in [1.29, 1.82) is 0 Å². The maximum absolute atomic E-state index is 13.4. The van der Waals surface area contributed by atoms with Crippen molar-refractivity contribution in [1.82, 2.24) is 0 Å². The van der Waals surface area contributed by atoms with Crippen LogP contribution < -0.4 is 5.73 Å². The summed E-state index contributed by atoms with van der Waals surface area (Å²) in [6.07, 6.45) is 1.41. The molecule has 0 aliphatic rings. The van der Waals surface area contributed by atoms with Crippen molar-refractivity contribution in [3.63, 3.8) is 0 Å². The highest BCUT2D eigenvalue weighted by molar-refractivity contribution is 9.10. The fraction of sp³-hybridized carbons (Fsp3) is 0.333. The Morgan fingerprint density at radius 3 is 2.77 bits per heavy atom. The number of benzene rings is 1. The molecule has 0 fully saturated rings. The van der Waals surface area contributed by atoms with Crippen molar-refractivity contribution in [2.45, 2.75) is 12.8 Å². The van der Waals surface area contributed by atoms with Gasteiger partial charge in [0.15, 0.2) is 0 Å². The molecule has 0 heterocycles. The fourth-order valence-electron chi connectivity index (χ4n) is 1.05. The summed E-state index contributed by atoms with van der Waals surface area (Å²) in [4.78, 5) is 0. The Labute approximate surface area is 90.2 Å². The van der Waals surface area contributed by atoms with Crippen LogP contribution in [0.5, 0.6) is 0 Å².